The summed E-state index contributed by atoms with van der Waals surface area (Å²) in [5.41, 5.74) is 3.11. The number of hydrogen-bond acceptors (Lipinski definition) is 3. The van der Waals surface area contributed by atoms with E-state index in [9.17, 15) is 4.39 Å². The van der Waals surface area contributed by atoms with Gasteiger partial charge in [0.1, 0.15) is 11.7 Å². The predicted molar refractivity (Wildman–Crippen MR) is 60.3 cm³/mol. The maximum Gasteiger partial charge on any atom is 0.144 e. The standard InChI is InChI=1S/C11H15FN4/c12-9-5-8(6-14-7-9)11(16-13)15-10-3-1-2-4-10/h5-7,10H,1-4,13H2,(H,15,16). The molecule has 4 nitrogen and oxygen atoms in total. The molecule has 1 fully saturated rings. The molecule has 1 saturated carbocycles. The molecule has 0 unspecified atom stereocenters. The fourth-order valence-corrected chi connectivity index (χ4v) is 1.95. The van der Waals surface area contributed by atoms with Crippen LogP contribution in [-0.2, 0) is 0 Å². The minimum Gasteiger partial charge on any atom is -0.308 e. The second-order valence-corrected chi connectivity index (χ2v) is 3.95. The van der Waals surface area contributed by atoms with Crippen LogP contribution in [0.2, 0.25) is 0 Å². The van der Waals surface area contributed by atoms with Crippen LogP contribution in [0.4, 0.5) is 4.39 Å². The Morgan fingerprint density at radius 3 is 2.81 bits per heavy atom. The van der Waals surface area contributed by atoms with E-state index in [0.717, 1.165) is 19.0 Å². The molecule has 0 atom stereocenters. The molecule has 0 spiro atoms. The van der Waals surface area contributed by atoms with Gasteiger partial charge in [0.05, 0.1) is 12.2 Å². The molecule has 0 radical (unpaired) electrons. The van der Waals surface area contributed by atoms with Crippen molar-refractivity contribution in [2.75, 3.05) is 0 Å². The van der Waals surface area contributed by atoms with Gasteiger partial charge in [-0.1, -0.05) is 12.8 Å². The first-order valence-corrected chi connectivity index (χ1v) is 5.45. The lowest BCUT2D eigenvalue weighted by atomic mass is 10.2. The molecule has 1 aliphatic rings. The van der Waals surface area contributed by atoms with Gasteiger partial charge in [0.15, 0.2) is 0 Å². The van der Waals surface area contributed by atoms with E-state index < -0.39 is 0 Å². The summed E-state index contributed by atoms with van der Waals surface area (Å²) in [7, 11) is 0. The fraction of sp³-hybridized carbons (Fsp3) is 0.455. The molecule has 1 heterocycles. The van der Waals surface area contributed by atoms with Crippen molar-refractivity contribution in [3.63, 3.8) is 0 Å². The zero-order valence-electron chi connectivity index (χ0n) is 8.99. The number of nitrogens with one attached hydrogen (secondary N) is 1. The summed E-state index contributed by atoms with van der Waals surface area (Å²) in [4.78, 5) is 8.26. The number of nitrogens with zero attached hydrogens (tertiary/aromatic N) is 2. The average Bonchev–Trinajstić information content (AvgIpc) is 2.78. The van der Waals surface area contributed by atoms with E-state index in [2.05, 4.69) is 15.4 Å². The minimum absolute atomic E-state index is 0.300. The molecule has 0 aromatic carbocycles. The van der Waals surface area contributed by atoms with Gasteiger partial charge in [-0.25, -0.2) is 10.2 Å². The van der Waals surface area contributed by atoms with Crippen molar-refractivity contribution in [1.82, 2.24) is 10.4 Å². The van der Waals surface area contributed by atoms with Crippen LogP contribution in [0.5, 0.6) is 0 Å². The van der Waals surface area contributed by atoms with Crippen molar-refractivity contribution in [2.45, 2.75) is 31.7 Å². The van der Waals surface area contributed by atoms with Crippen LogP contribution in [0.15, 0.2) is 23.5 Å². The SMILES string of the molecule is NNC(=NC1CCCC1)c1cncc(F)c1. The molecule has 1 aliphatic carbocycles. The van der Waals surface area contributed by atoms with E-state index in [4.69, 9.17) is 5.84 Å². The summed E-state index contributed by atoms with van der Waals surface area (Å²) >= 11 is 0. The molecule has 86 valence electrons. The molecule has 2 rings (SSSR count). The zero-order valence-corrected chi connectivity index (χ0v) is 8.99. The number of pyridine rings is 1. The van der Waals surface area contributed by atoms with E-state index in [1.807, 2.05) is 0 Å². The van der Waals surface area contributed by atoms with Crippen molar-refractivity contribution in [2.24, 2.45) is 10.8 Å². The van der Waals surface area contributed by atoms with Crippen molar-refractivity contribution in [3.05, 3.63) is 29.8 Å². The number of amidine groups is 1. The van der Waals surface area contributed by atoms with E-state index in [0.29, 0.717) is 17.4 Å². The predicted octanol–water partition coefficient (Wildman–Crippen LogP) is 1.37. The Bertz CT molecular complexity index is 385. The second kappa shape index (κ2) is 5.03. The molecule has 16 heavy (non-hydrogen) atoms. The second-order valence-electron chi connectivity index (χ2n) is 3.95. The number of aromatic nitrogens is 1. The molecule has 5 heteroatoms. The van der Waals surface area contributed by atoms with Crippen molar-refractivity contribution >= 4 is 5.84 Å². The van der Waals surface area contributed by atoms with Crippen LogP contribution in [-0.4, -0.2) is 16.9 Å². The molecular formula is C11H15FN4. The van der Waals surface area contributed by atoms with Crippen LogP contribution >= 0.6 is 0 Å². The summed E-state index contributed by atoms with van der Waals surface area (Å²) in [5, 5.41) is 0. The van der Waals surface area contributed by atoms with E-state index >= 15 is 0 Å². The third-order valence-corrected chi connectivity index (χ3v) is 2.75. The van der Waals surface area contributed by atoms with Crippen LogP contribution in [0.3, 0.4) is 0 Å². The highest BCUT2D eigenvalue weighted by Crippen LogP contribution is 2.21. The van der Waals surface area contributed by atoms with E-state index in [1.54, 1.807) is 6.20 Å². The molecule has 1 aromatic rings. The highest BCUT2D eigenvalue weighted by atomic mass is 19.1. The Balaban J connectivity index is 2.21. The number of aliphatic imine (C=N–C) groups is 1. The monoisotopic (exact) mass is 222 g/mol. The third kappa shape index (κ3) is 2.55. The fourth-order valence-electron chi connectivity index (χ4n) is 1.95. The van der Waals surface area contributed by atoms with Crippen LogP contribution in [0.25, 0.3) is 0 Å². The van der Waals surface area contributed by atoms with Gasteiger partial charge in [0.2, 0.25) is 0 Å². The lowest BCUT2D eigenvalue weighted by molar-refractivity contribution is 0.620. The Morgan fingerprint density at radius 1 is 1.44 bits per heavy atom. The van der Waals surface area contributed by atoms with E-state index in [1.165, 1.54) is 18.9 Å². The maximum absolute atomic E-state index is 13.0. The van der Waals surface area contributed by atoms with Crippen LogP contribution < -0.4 is 11.3 Å². The topological polar surface area (TPSA) is 63.3 Å². The number of halogens is 1. The lowest BCUT2D eigenvalue weighted by Crippen LogP contribution is -2.32. The highest BCUT2D eigenvalue weighted by Gasteiger charge is 2.15. The Hall–Kier alpha value is -1.49. The van der Waals surface area contributed by atoms with Crippen molar-refractivity contribution in [3.8, 4) is 0 Å². The Kier molecular flexibility index (Phi) is 3.46. The first-order chi connectivity index (χ1) is 7.79. The number of hydrazine groups is 1. The van der Waals surface area contributed by atoms with Gasteiger partial charge < -0.3 is 5.43 Å². The largest absolute Gasteiger partial charge is 0.308 e. The maximum atomic E-state index is 13.0. The van der Waals surface area contributed by atoms with Gasteiger partial charge in [0, 0.05) is 11.8 Å². The number of rotatable bonds is 2. The molecular weight excluding hydrogens is 207 g/mol. The summed E-state index contributed by atoms with van der Waals surface area (Å²) < 4.78 is 13.0. The van der Waals surface area contributed by atoms with Gasteiger partial charge in [-0.3, -0.25) is 9.98 Å². The van der Waals surface area contributed by atoms with Crippen molar-refractivity contribution in [1.29, 1.82) is 0 Å². The molecule has 0 aliphatic heterocycles. The Morgan fingerprint density at radius 2 is 2.19 bits per heavy atom. The molecule has 0 amide bonds. The average molecular weight is 222 g/mol. The quantitative estimate of drug-likeness (QED) is 0.344. The first kappa shape index (κ1) is 11.0. The first-order valence-electron chi connectivity index (χ1n) is 5.45. The van der Waals surface area contributed by atoms with Gasteiger partial charge in [-0.15, -0.1) is 0 Å². The summed E-state index contributed by atoms with van der Waals surface area (Å²) in [6.07, 6.45) is 7.27. The van der Waals surface area contributed by atoms with Crippen LogP contribution in [0.1, 0.15) is 31.2 Å². The third-order valence-electron chi connectivity index (χ3n) is 2.75. The number of nitrogens with two attached hydrogens (primary N) is 1. The zero-order chi connectivity index (χ0) is 11.4. The molecule has 3 N–H and O–H groups in total. The Labute approximate surface area is 93.8 Å². The van der Waals surface area contributed by atoms with Gasteiger partial charge in [-0.05, 0) is 18.9 Å². The highest BCUT2D eigenvalue weighted by molar-refractivity contribution is 5.98. The van der Waals surface area contributed by atoms with Crippen LogP contribution in [0, 0.1) is 5.82 Å². The van der Waals surface area contributed by atoms with Gasteiger partial charge in [0.25, 0.3) is 0 Å². The van der Waals surface area contributed by atoms with Gasteiger partial charge >= 0.3 is 0 Å². The van der Waals surface area contributed by atoms with Crippen molar-refractivity contribution < 1.29 is 4.39 Å². The summed E-state index contributed by atoms with van der Waals surface area (Å²) in [6, 6.07) is 1.68. The number of hydrogen-bond donors (Lipinski definition) is 2. The summed E-state index contributed by atoms with van der Waals surface area (Å²) in [5.74, 6) is 5.53. The molecule has 0 bridgehead atoms. The normalized spacial score (nSPS) is 17.8. The molecule has 1 aromatic heterocycles. The van der Waals surface area contributed by atoms with Gasteiger partial charge in [-0.2, -0.15) is 0 Å². The minimum atomic E-state index is -0.383. The lowest BCUT2D eigenvalue weighted by Gasteiger charge is -2.09. The van der Waals surface area contributed by atoms with E-state index in [-0.39, 0.29) is 5.82 Å². The smallest absolute Gasteiger partial charge is 0.144 e. The molecule has 0 saturated heterocycles. The summed E-state index contributed by atoms with van der Waals surface area (Å²) in [6.45, 7) is 0.